The minimum atomic E-state index is -4.08. The molecule has 0 rings (SSSR count). The third kappa shape index (κ3) is 191. The van der Waals surface area contributed by atoms with E-state index in [2.05, 4.69) is 0 Å². The van der Waals surface area contributed by atoms with Gasteiger partial charge < -0.3 is 0 Å². The Labute approximate surface area is 83.9 Å². The molecule has 9 heteroatoms. The van der Waals surface area contributed by atoms with Gasteiger partial charge in [-0.2, -0.15) is 0 Å². The molecule has 0 aliphatic rings. The number of rotatable bonds is 0. The van der Waals surface area contributed by atoms with Crippen molar-refractivity contribution in [3.8, 4) is 0 Å². The first-order chi connectivity index (χ1) is 3.46. The third-order valence-electron chi connectivity index (χ3n) is 0. The summed E-state index contributed by atoms with van der Waals surface area (Å²) in [5.74, 6) is 0. The van der Waals surface area contributed by atoms with Gasteiger partial charge in [0.2, 0.25) is 0 Å². The maximum Gasteiger partial charge on any atom is 4.00 e. The van der Waals surface area contributed by atoms with Gasteiger partial charge in [-0.3, -0.25) is 0 Å². The van der Waals surface area contributed by atoms with Crippen molar-refractivity contribution in [1.29, 1.82) is 0 Å². The minimum Gasteiger partial charge on any atom is 4.00 e. The molecule has 0 bridgehead atoms. The predicted molar refractivity (Wildman–Crippen MR) is 1.37 cm³/mol. The normalized spacial score (nSPS) is 5.78. The summed E-state index contributed by atoms with van der Waals surface area (Å²) in [5, 5.41) is 0. The van der Waals surface area contributed by atoms with Gasteiger partial charge in [0.05, 0.1) is 0 Å². The Morgan fingerprint density at radius 1 is 0.778 bits per heavy atom. The number of hydrogen-bond donors (Lipinski definition) is 0. The summed E-state index contributed by atoms with van der Waals surface area (Å²) in [5.41, 5.74) is 0. The van der Waals surface area contributed by atoms with Gasteiger partial charge in [-0.05, 0) is 0 Å². The molecule has 0 atom stereocenters. The van der Waals surface area contributed by atoms with Crippen molar-refractivity contribution >= 4 is 0 Å². The van der Waals surface area contributed by atoms with E-state index in [0.717, 1.165) is 0 Å². The maximum absolute atomic E-state index is 8.58. The first-order valence-electron chi connectivity index (χ1n) is 1.22. The van der Waals surface area contributed by atoms with Crippen LogP contribution in [0, 0.1) is 0 Å². The van der Waals surface area contributed by atoms with Crippen LogP contribution in [0.4, 0.5) is 0 Å². The first-order valence-corrected chi connectivity index (χ1v) is 5.05. The Bertz CT molecular complexity index is 69.1. The molecule has 9 heavy (non-hydrogen) atoms. The zero-order valence-electron chi connectivity index (χ0n) is 3.95. The predicted octanol–water partition coefficient (Wildman–Crippen LogP) is -5.00. The van der Waals surface area contributed by atoms with Gasteiger partial charge in [0.15, 0.2) is 0 Å². The molecule has 0 fully saturated rings. The topological polar surface area (TPSA) is 126 Å². The third-order valence-corrected chi connectivity index (χ3v) is 0. The van der Waals surface area contributed by atoms with Crippen molar-refractivity contribution in [3.63, 3.8) is 0 Å². The van der Waals surface area contributed by atoms with Gasteiger partial charge in [0.1, 0.15) is 0 Å². The van der Waals surface area contributed by atoms with E-state index >= 15 is 0 Å². The molecular formula is O6Ti2Zr. The van der Waals surface area contributed by atoms with Gasteiger partial charge in [0.25, 0.3) is 0 Å². The molecule has 48 valence electrons. The Balaban J connectivity index is -0.0000000720. The first kappa shape index (κ1) is 17.0. The monoisotopic (exact) mass is 282 g/mol. The second kappa shape index (κ2) is 12.4. The van der Waals surface area contributed by atoms with Crippen LogP contribution in [0.1, 0.15) is 0 Å². The molecule has 0 spiro atoms. The number of hydrogen-bond acceptors (Lipinski definition) is 6. The Morgan fingerprint density at radius 3 is 0.778 bits per heavy atom. The summed E-state index contributed by atoms with van der Waals surface area (Å²) < 4.78 is 51.5. The quantitative estimate of drug-likeness (QED) is 0.410. The van der Waals surface area contributed by atoms with Gasteiger partial charge in [-0.15, -0.1) is 0 Å². The minimum absolute atomic E-state index is 0. The van der Waals surface area contributed by atoms with E-state index < -0.39 is 37.2 Å². The van der Waals surface area contributed by atoms with E-state index in [9.17, 15) is 0 Å². The average Bonchev–Trinajstić information content (AvgIpc) is 1.25. The summed E-state index contributed by atoms with van der Waals surface area (Å²) in [4.78, 5) is 0. The van der Waals surface area contributed by atoms with E-state index in [4.69, 9.17) is 21.4 Å². The van der Waals surface area contributed by atoms with E-state index in [1.165, 1.54) is 0 Å². The van der Waals surface area contributed by atoms with Crippen molar-refractivity contribution in [2.45, 2.75) is 0 Å². The Kier molecular flexibility index (Phi) is 23.5. The molecule has 0 N–H and O–H groups in total. The molecule has 6 nitrogen and oxygen atoms in total. The van der Waals surface area contributed by atoms with Crippen molar-refractivity contribution in [2.75, 3.05) is 0 Å². The van der Waals surface area contributed by atoms with Gasteiger partial charge >= 0.3 is 84.8 Å². The van der Waals surface area contributed by atoms with Gasteiger partial charge in [-0.1, -0.05) is 0 Å². The van der Waals surface area contributed by atoms with Crippen molar-refractivity contribution in [3.05, 3.63) is 0 Å². The smallest absolute Gasteiger partial charge is 4.00 e. The van der Waals surface area contributed by atoms with Crippen LogP contribution in [0.2, 0.25) is 0 Å². The summed E-state index contributed by atoms with van der Waals surface area (Å²) in [7, 11) is 0. The molecule has 0 aromatic heterocycles. The van der Waals surface area contributed by atoms with E-state index in [-0.39, 0.29) is 26.2 Å². The Morgan fingerprint density at radius 2 is 0.778 bits per heavy atom. The summed E-state index contributed by atoms with van der Waals surface area (Å²) in [6, 6.07) is 0. The summed E-state index contributed by atoms with van der Waals surface area (Å²) in [6.45, 7) is 0. The second-order valence-electron chi connectivity index (χ2n) is 0.500. The van der Waals surface area contributed by atoms with Crippen LogP contribution < -0.4 is 14.8 Å². The second-order valence-corrected chi connectivity index (χ2v) is 2.06. The van der Waals surface area contributed by atoms with E-state index in [0.29, 0.717) is 0 Å². The van der Waals surface area contributed by atoms with Gasteiger partial charge in [-0.25, -0.2) is 0 Å². The SMILES string of the molecule is [O]=[Ti]([O-])[O-].[O]=[Ti]([O-])[O-].[Zr+4]. The largest absolute Gasteiger partial charge is 4.00 e. The van der Waals surface area contributed by atoms with Crippen LogP contribution in [0.25, 0.3) is 0 Å². The van der Waals surface area contributed by atoms with Crippen LogP contribution in [0.15, 0.2) is 0 Å². The summed E-state index contributed by atoms with van der Waals surface area (Å²) in [6.07, 6.45) is 0. The van der Waals surface area contributed by atoms with Crippen LogP contribution in [0.5, 0.6) is 0 Å². The fourth-order valence-corrected chi connectivity index (χ4v) is 0. The zero-order chi connectivity index (χ0) is 7.15. The van der Waals surface area contributed by atoms with E-state index in [1.54, 1.807) is 0 Å². The van der Waals surface area contributed by atoms with Crippen LogP contribution in [0.3, 0.4) is 0 Å². The fraction of sp³-hybridized carbons (Fsp3) is 0. The van der Waals surface area contributed by atoms with Crippen LogP contribution in [-0.2, 0) is 70.1 Å². The average molecular weight is 283 g/mol. The maximum atomic E-state index is 8.58. The molecule has 0 unspecified atom stereocenters. The molecule has 0 amide bonds. The zero-order valence-corrected chi connectivity index (χ0v) is 9.53. The molecule has 0 aliphatic heterocycles. The molecule has 0 aliphatic carbocycles. The fourth-order valence-electron chi connectivity index (χ4n) is 0. The van der Waals surface area contributed by atoms with Crippen molar-refractivity contribution in [2.24, 2.45) is 0 Å². The van der Waals surface area contributed by atoms with Crippen molar-refractivity contribution < 1.29 is 84.8 Å². The van der Waals surface area contributed by atoms with Crippen LogP contribution >= 0.6 is 0 Å². The molecule has 0 aromatic rings. The van der Waals surface area contributed by atoms with Crippen molar-refractivity contribution in [1.82, 2.24) is 0 Å². The molecule has 0 aromatic carbocycles. The van der Waals surface area contributed by atoms with E-state index in [1.807, 2.05) is 0 Å². The van der Waals surface area contributed by atoms with Gasteiger partial charge in [0, 0.05) is 0 Å². The Hall–Kier alpha value is 1.75. The molecule has 0 saturated carbocycles. The van der Waals surface area contributed by atoms with Crippen LogP contribution in [-0.4, -0.2) is 0 Å². The molecule has 0 radical (unpaired) electrons. The standard InChI is InChI=1S/6O.2Ti.Zr/q;;4*-1;;;+4. The summed E-state index contributed by atoms with van der Waals surface area (Å²) >= 11 is -8.17. The molecule has 0 saturated heterocycles. The molecular weight excluding hydrogens is 283 g/mol. The molecule has 0 heterocycles.